The molecule has 0 radical (unpaired) electrons. The fourth-order valence-corrected chi connectivity index (χ4v) is 5.45. The highest BCUT2D eigenvalue weighted by atomic mass is 32.2. The number of hydrogen-bond acceptors (Lipinski definition) is 7. The molecule has 2 aromatic rings. The van der Waals surface area contributed by atoms with E-state index in [0.29, 0.717) is 24.1 Å². The van der Waals surface area contributed by atoms with Gasteiger partial charge in [0.25, 0.3) is 0 Å². The molecule has 0 saturated heterocycles. The number of rotatable bonds is 8. The highest BCUT2D eigenvalue weighted by Crippen LogP contribution is 2.37. The molecule has 4 rings (SSSR count). The molecule has 34 heavy (non-hydrogen) atoms. The van der Waals surface area contributed by atoms with Gasteiger partial charge in [0.05, 0.1) is 12.6 Å². The van der Waals surface area contributed by atoms with Gasteiger partial charge >= 0.3 is 11.9 Å². The van der Waals surface area contributed by atoms with Crippen LogP contribution in [-0.4, -0.2) is 59.5 Å². The molecule has 0 bridgehead atoms. The van der Waals surface area contributed by atoms with Gasteiger partial charge in [-0.05, 0) is 36.2 Å². The normalized spacial score (nSPS) is 17.3. The van der Waals surface area contributed by atoms with Crippen molar-refractivity contribution in [3.63, 3.8) is 0 Å². The van der Waals surface area contributed by atoms with Gasteiger partial charge in [0.2, 0.25) is 0 Å². The third kappa shape index (κ3) is 8.30. The minimum atomic E-state index is -1.26. The Hall–Kier alpha value is -2.62. The summed E-state index contributed by atoms with van der Waals surface area (Å²) in [4.78, 5) is 21.6. The van der Waals surface area contributed by atoms with E-state index in [9.17, 15) is 9.59 Å². The molecule has 0 saturated carbocycles. The molecule has 2 atom stereocenters. The number of thioether (sulfide) groups is 2. The van der Waals surface area contributed by atoms with E-state index < -0.39 is 11.9 Å². The summed E-state index contributed by atoms with van der Waals surface area (Å²) in [5.74, 6) is 2.35. The molecule has 2 aliphatic rings. The van der Waals surface area contributed by atoms with Crippen molar-refractivity contribution in [1.82, 2.24) is 5.32 Å². The van der Waals surface area contributed by atoms with Gasteiger partial charge in [0.1, 0.15) is 18.1 Å². The molecule has 9 heteroatoms. The summed E-state index contributed by atoms with van der Waals surface area (Å²) >= 11 is 3.80. The Morgan fingerprint density at radius 1 is 1.15 bits per heavy atom. The van der Waals surface area contributed by atoms with Gasteiger partial charge in [-0.1, -0.05) is 31.2 Å². The molecule has 2 aliphatic heterocycles. The van der Waals surface area contributed by atoms with E-state index in [-0.39, 0.29) is 0 Å². The lowest BCUT2D eigenvalue weighted by molar-refractivity contribution is -0.134. The van der Waals surface area contributed by atoms with E-state index in [1.54, 1.807) is 0 Å². The molecule has 2 heterocycles. The summed E-state index contributed by atoms with van der Waals surface area (Å²) in [6, 6.07) is 15.2. The molecular formula is C25H29NO6S2. The minimum absolute atomic E-state index is 0.393. The number of carboxylic acid groups (broad SMARTS) is 2. The van der Waals surface area contributed by atoms with Crippen molar-refractivity contribution in [1.29, 1.82) is 0 Å². The first-order valence-electron chi connectivity index (χ1n) is 11.0. The number of ether oxygens (including phenoxy) is 2. The van der Waals surface area contributed by atoms with Gasteiger partial charge in [-0.3, -0.25) is 0 Å². The molecular weight excluding hydrogens is 474 g/mol. The van der Waals surface area contributed by atoms with Crippen LogP contribution in [0, 0.1) is 5.92 Å². The lowest BCUT2D eigenvalue weighted by Gasteiger charge is -2.19. The average molecular weight is 504 g/mol. The van der Waals surface area contributed by atoms with Crippen LogP contribution in [0.4, 0.5) is 0 Å². The lowest BCUT2D eigenvalue weighted by atomic mass is 10.2. The molecule has 0 aromatic heterocycles. The molecule has 0 fully saturated rings. The summed E-state index contributed by atoms with van der Waals surface area (Å²) in [6.45, 7) is 4.88. The van der Waals surface area contributed by atoms with E-state index in [0.717, 1.165) is 49.2 Å². The van der Waals surface area contributed by atoms with Crippen LogP contribution in [0.2, 0.25) is 0 Å². The maximum absolute atomic E-state index is 9.55. The van der Waals surface area contributed by atoms with Crippen molar-refractivity contribution < 1.29 is 29.3 Å². The average Bonchev–Trinajstić information content (AvgIpc) is 3.22. The molecule has 0 unspecified atom stereocenters. The second kappa shape index (κ2) is 13.3. The number of aliphatic carboxylic acids is 2. The van der Waals surface area contributed by atoms with Crippen molar-refractivity contribution in [3.8, 4) is 11.5 Å². The third-order valence-electron chi connectivity index (χ3n) is 5.05. The van der Waals surface area contributed by atoms with E-state index in [2.05, 4.69) is 48.6 Å². The fraction of sp³-hybridized carbons (Fsp3) is 0.360. The summed E-state index contributed by atoms with van der Waals surface area (Å²) in [7, 11) is 0. The number of nitrogens with one attached hydrogen (secondary N) is 1. The predicted molar refractivity (Wildman–Crippen MR) is 134 cm³/mol. The van der Waals surface area contributed by atoms with Crippen molar-refractivity contribution in [2.45, 2.75) is 29.2 Å². The van der Waals surface area contributed by atoms with Gasteiger partial charge in [-0.15, -0.1) is 23.5 Å². The zero-order valence-electron chi connectivity index (χ0n) is 18.9. The number of carbonyl (C=O) groups is 2. The maximum atomic E-state index is 9.55. The van der Waals surface area contributed by atoms with E-state index in [1.165, 1.54) is 15.4 Å². The Morgan fingerprint density at radius 3 is 2.68 bits per heavy atom. The zero-order chi connectivity index (χ0) is 24.3. The zero-order valence-corrected chi connectivity index (χ0v) is 20.6. The van der Waals surface area contributed by atoms with Gasteiger partial charge in [0.15, 0.2) is 0 Å². The second-order valence-corrected chi connectivity index (χ2v) is 10.1. The molecule has 182 valence electrons. The molecule has 7 nitrogen and oxygen atoms in total. The van der Waals surface area contributed by atoms with Crippen molar-refractivity contribution in [3.05, 3.63) is 60.2 Å². The predicted octanol–water partition coefficient (Wildman–Crippen LogP) is 4.20. The summed E-state index contributed by atoms with van der Waals surface area (Å²) in [6.07, 6.45) is 2.16. The Balaban J connectivity index is 0.000000350. The number of benzene rings is 2. The number of carboxylic acids is 2. The molecule has 0 amide bonds. The number of fused-ring (bicyclic) bond motifs is 2. The number of hydrogen-bond donors (Lipinski definition) is 3. The fourth-order valence-electron chi connectivity index (χ4n) is 3.34. The molecule has 2 aromatic carbocycles. The monoisotopic (exact) mass is 503 g/mol. The Morgan fingerprint density at radius 2 is 1.91 bits per heavy atom. The molecule has 0 spiro atoms. The van der Waals surface area contributed by atoms with Crippen LogP contribution in [0.5, 0.6) is 11.5 Å². The Bertz CT molecular complexity index is 970. The first kappa shape index (κ1) is 26.0. The topological polar surface area (TPSA) is 105 Å². The van der Waals surface area contributed by atoms with Gasteiger partial charge in [0, 0.05) is 39.9 Å². The summed E-state index contributed by atoms with van der Waals surface area (Å²) < 4.78 is 11.8. The SMILES string of the molecule is C[C@@H](CN[C@@H]1COc2ccccc2SC1)CSc1cccc2c1OCC2.O=C(O)/C=C\C(=O)O. The first-order valence-corrected chi connectivity index (χ1v) is 13.0. The smallest absolute Gasteiger partial charge is 0.328 e. The van der Waals surface area contributed by atoms with E-state index >= 15 is 0 Å². The highest BCUT2D eigenvalue weighted by Gasteiger charge is 2.19. The van der Waals surface area contributed by atoms with Crippen LogP contribution in [0.1, 0.15) is 12.5 Å². The van der Waals surface area contributed by atoms with Crippen LogP contribution in [0.15, 0.2) is 64.4 Å². The first-order chi connectivity index (χ1) is 16.4. The maximum Gasteiger partial charge on any atom is 0.328 e. The molecule has 0 aliphatic carbocycles. The molecule has 3 N–H and O–H groups in total. The quantitative estimate of drug-likeness (QED) is 0.361. The summed E-state index contributed by atoms with van der Waals surface area (Å²) in [5.41, 5.74) is 1.35. The summed E-state index contributed by atoms with van der Waals surface area (Å²) in [5, 5.41) is 19.3. The van der Waals surface area contributed by atoms with E-state index in [1.807, 2.05) is 29.6 Å². The lowest BCUT2D eigenvalue weighted by Crippen LogP contribution is -2.39. The largest absolute Gasteiger partial charge is 0.492 e. The van der Waals surface area contributed by atoms with Crippen molar-refractivity contribution in [2.75, 3.05) is 31.3 Å². The van der Waals surface area contributed by atoms with E-state index in [4.69, 9.17) is 19.7 Å². The Labute approximate surface area is 207 Å². The minimum Gasteiger partial charge on any atom is -0.492 e. The van der Waals surface area contributed by atoms with Crippen LogP contribution >= 0.6 is 23.5 Å². The standard InChI is InChI=1S/C21H25NO2S2.C4H4O4/c1-15(13-25-20-8-4-5-16-9-10-23-21(16)20)11-22-17-12-24-18-6-2-3-7-19(18)26-14-17;5-3(6)1-2-4(7)8/h2-8,15,17,22H,9-14H2,1H3;1-2H,(H,5,6)(H,7,8)/b;2-1-/t15-,17+;/m0./s1. The van der Waals surface area contributed by atoms with Gasteiger partial charge < -0.3 is 25.0 Å². The van der Waals surface area contributed by atoms with Crippen LogP contribution in [0.3, 0.4) is 0 Å². The van der Waals surface area contributed by atoms with Crippen LogP contribution < -0.4 is 14.8 Å². The second-order valence-electron chi connectivity index (χ2n) is 7.94. The van der Waals surface area contributed by atoms with Gasteiger partial charge in [-0.2, -0.15) is 0 Å². The van der Waals surface area contributed by atoms with Crippen LogP contribution in [-0.2, 0) is 16.0 Å². The van der Waals surface area contributed by atoms with Crippen LogP contribution in [0.25, 0.3) is 0 Å². The van der Waals surface area contributed by atoms with Gasteiger partial charge in [-0.25, -0.2) is 9.59 Å². The number of para-hydroxylation sites is 2. The Kier molecular flexibility index (Phi) is 10.2. The van der Waals surface area contributed by atoms with Crippen molar-refractivity contribution >= 4 is 35.5 Å². The van der Waals surface area contributed by atoms with Crippen molar-refractivity contribution in [2.24, 2.45) is 5.92 Å². The third-order valence-corrected chi connectivity index (χ3v) is 7.64. The highest BCUT2D eigenvalue weighted by molar-refractivity contribution is 7.99.